The summed E-state index contributed by atoms with van der Waals surface area (Å²) < 4.78 is 1.85. The number of carbonyl (C=O) groups excluding carboxylic acids is 2. The van der Waals surface area contributed by atoms with Gasteiger partial charge >= 0.3 is 0 Å². The summed E-state index contributed by atoms with van der Waals surface area (Å²) in [5, 5.41) is 5.07. The topological polar surface area (TPSA) is 88.9 Å². The Morgan fingerprint density at radius 1 is 1.26 bits per heavy atom. The van der Waals surface area contributed by atoms with Crippen molar-refractivity contribution in [3.05, 3.63) is 36.2 Å². The van der Waals surface area contributed by atoms with E-state index in [1.54, 1.807) is 0 Å². The second-order valence-electron chi connectivity index (χ2n) is 5.29. The zero-order chi connectivity index (χ0) is 16.2. The van der Waals surface area contributed by atoms with E-state index in [1.165, 1.54) is 18.7 Å². The molecule has 0 saturated heterocycles. The van der Waals surface area contributed by atoms with E-state index in [2.05, 4.69) is 20.9 Å². The van der Waals surface area contributed by atoms with E-state index in [1.807, 2.05) is 35.0 Å². The summed E-state index contributed by atoms with van der Waals surface area (Å²) in [5.41, 5.74) is 5.54. The normalized spacial score (nSPS) is 13.6. The lowest BCUT2D eigenvalue weighted by Gasteiger charge is -2.03. The molecular weight excluding hydrogens is 314 g/mol. The third kappa shape index (κ3) is 4.10. The van der Waals surface area contributed by atoms with Crippen LogP contribution in [-0.4, -0.2) is 32.3 Å². The van der Waals surface area contributed by atoms with Crippen LogP contribution in [-0.2, 0) is 9.59 Å². The van der Waals surface area contributed by atoms with Gasteiger partial charge < -0.3 is 0 Å². The molecule has 1 heterocycles. The van der Waals surface area contributed by atoms with Gasteiger partial charge in [-0.25, -0.2) is 9.67 Å². The number of para-hydroxylation sites is 1. The standard InChI is InChI=1S/C15H17N5O2S/c1-10(21)17-18-13(22)9-23-15-16-14(11-7-8-11)20(19-15)12-5-3-2-4-6-12/h2-6,11H,7-9H2,1H3,(H,17,21)(H,18,22). The highest BCUT2D eigenvalue weighted by molar-refractivity contribution is 7.99. The zero-order valence-corrected chi connectivity index (χ0v) is 13.5. The molecule has 1 aliphatic rings. The number of nitrogens with zero attached hydrogens (tertiary/aromatic N) is 3. The maximum atomic E-state index is 11.6. The lowest BCUT2D eigenvalue weighted by atomic mass is 10.3. The van der Waals surface area contributed by atoms with Gasteiger partial charge in [0.15, 0.2) is 0 Å². The van der Waals surface area contributed by atoms with Crippen LogP contribution in [0.3, 0.4) is 0 Å². The summed E-state index contributed by atoms with van der Waals surface area (Å²) in [6, 6.07) is 9.85. The Kier molecular flexibility index (Phi) is 4.61. The van der Waals surface area contributed by atoms with Crippen LogP contribution >= 0.6 is 11.8 Å². The van der Waals surface area contributed by atoms with Crippen molar-refractivity contribution in [2.24, 2.45) is 0 Å². The van der Waals surface area contributed by atoms with Crippen molar-refractivity contribution < 1.29 is 9.59 Å². The molecule has 1 aromatic carbocycles. The third-order valence-electron chi connectivity index (χ3n) is 3.27. The van der Waals surface area contributed by atoms with Crippen molar-refractivity contribution in [3.63, 3.8) is 0 Å². The van der Waals surface area contributed by atoms with Crippen LogP contribution < -0.4 is 10.9 Å². The highest BCUT2D eigenvalue weighted by atomic mass is 32.2. The first-order valence-electron chi connectivity index (χ1n) is 7.34. The molecule has 8 heteroatoms. The van der Waals surface area contributed by atoms with E-state index >= 15 is 0 Å². The number of nitrogens with one attached hydrogen (secondary N) is 2. The second kappa shape index (κ2) is 6.82. The Bertz CT molecular complexity index is 712. The van der Waals surface area contributed by atoms with E-state index in [0.29, 0.717) is 11.1 Å². The largest absolute Gasteiger partial charge is 0.274 e. The summed E-state index contributed by atoms with van der Waals surface area (Å²) >= 11 is 1.25. The molecule has 3 rings (SSSR count). The molecule has 1 aliphatic carbocycles. The van der Waals surface area contributed by atoms with E-state index in [9.17, 15) is 9.59 Å². The number of hydrogen-bond donors (Lipinski definition) is 2. The molecule has 23 heavy (non-hydrogen) atoms. The maximum absolute atomic E-state index is 11.6. The lowest BCUT2D eigenvalue weighted by molar-refractivity contribution is -0.126. The van der Waals surface area contributed by atoms with Gasteiger partial charge in [0.1, 0.15) is 5.82 Å². The first-order chi connectivity index (χ1) is 11.1. The molecule has 1 aromatic heterocycles. The molecule has 0 bridgehead atoms. The quantitative estimate of drug-likeness (QED) is 0.639. The molecule has 0 aliphatic heterocycles. The molecule has 7 nitrogen and oxygen atoms in total. The van der Waals surface area contributed by atoms with Crippen LogP contribution in [0.2, 0.25) is 0 Å². The average molecular weight is 331 g/mol. The molecule has 1 fully saturated rings. The monoisotopic (exact) mass is 331 g/mol. The molecule has 0 atom stereocenters. The summed E-state index contributed by atoms with van der Waals surface area (Å²) in [7, 11) is 0. The first kappa shape index (κ1) is 15.5. The Hall–Kier alpha value is -2.35. The number of hydrazine groups is 1. The molecule has 0 unspecified atom stereocenters. The predicted octanol–water partition coefficient (Wildman–Crippen LogP) is 1.40. The van der Waals surface area contributed by atoms with Gasteiger partial charge in [-0.2, -0.15) is 0 Å². The molecule has 0 spiro atoms. The minimum Gasteiger partial charge on any atom is -0.274 e. The maximum Gasteiger partial charge on any atom is 0.248 e. The summed E-state index contributed by atoms with van der Waals surface area (Å²) in [6.45, 7) is 1.33. The Balaban J connectivity index is 1.69. The highest BCUT2D eigenvalue weighted by Gasteiger charge is 2.30. The van der Waals surface area contributed by atoms with Crippen LogP contribution in [0, 0.1) is 0 Å². The SMILES string of the molecule is CC(=O)NNC(=O)CSc1nc(C2CC2)n(-c2ccccc2)n1. The van der Waals surface area contributed by atoms with Crippen LogP contribution in [0.4, 0.5) is 0 Å². The Morgan fingerprint density at radius 2 is 2.00 bits per heavy atom. The van der Waals surface area contributed by atoms with Gasteiger partial charge in [-0.1, -0.05) is 30.0 Å². The van der Waals surface area contributed by atoms with Crippen molar-refractivity contribution in [2.45, 2.75) is 30.8 Å². The minimum absolute atomic E-state index is 0.142. The molecule has 2 N–H and O–H groups in total. The van der Waals surface area contributed by atoms with Crippen molar-refractivity contribution in [1.82, 2.24) is 25.6 Å². The number of carbonyl (C=O) groups is 2. The van der Waals surface area contributed by atoms with Gasteiger partial charge in [0, 0.05) is 12.8 Å². The van der Waals surface area contributed by atoms with Gasteiger partial charge in [-0.15, -0.1) is 5.10 Å². The van der Waals surface area contributed by atoms with E-state index in [-0.39, 0.29) is 17.6 Å². The van der Waals surface area contributed by atoms with Crippen molar-refractivity contribution in [3.8, 4) is 5.69 Å². The fraction of sp³-hybridized carbons (Fsp3) is 0.333. The van der Waals surface area contributed by atoms with Gasteiger partial charge in [0.2, 0.25) is 17.0 Å². The van der Waals surface area contributed by atoms with E-state index in [0.717, 1.165) is 24.4 Å². The molecule has 1 saturated carbocycles. The molecule has 2 aromatic rings. The molecule has 0 radical (unpaired) electrons. The number of amides is 2. The lowest BCUT2D eigenvalue weighted by Crippen LogP contribution is -2.41. The Labute approximate surface area is 137 Å². The summed E-state index contributed by atoms with van der Waals surface area (Å²) in [4.78, 5) is 26.9. The van der Waals surface area contributed by atoms with Crippen molar-refractivity contribution in [1.29, 1.82) is 0 Å². The summed E-state index contributed by atoms with van der Waals surface area (Å²) in [5.74, 6) is 0.926. The zero-order valence-electron chi connectivity index (χ0n) is 12.7. The number of hydrogen-bond acceptors (Lipinski definition) is 5. The third-order valence-corrected chi connectivity index (χ3v) is 4.10. The second-order valence-corrected chi connectivity index (χ2v) is 6.23. The van der Waals surface area contributed by atoms with E-state index in [4.69, 9.17) is 0 Å². The Morgan fingerprint density at radius 3 is 2.65 bits per heavy atom. The predicted molar refractivity (Wildman–Crippen MR) is 86.0 cm³/mol. The summed E-state index contributed by atoms with van der Waals surface area (Å²) in [6.07, 6.45) is 2.25. The van der Waals surface area contributed by atoms with Crippen LogP contribution in [0.1, 0.15) is 31.5 Å². The van der Waals surface area contributed by atoms with Crippen LogP contribution in [0.15, 0.2) is 35.5 Å². The average Bonchev–Trinajstić information content (AvgIpc) is 3.31. The van der Waals surface area contributed by atoms with Crippen LogP contribution in [0.25, 0.3) is 5.69 Å². The highest BCUT2D eigenvalue weighted by Crippen LogP contribution is 2.40. The smallest absolute Gasteiger partial charge is 0.248 e. The van der Waals surface area contributed by atoms with Gasteiger partial charge in [-0.05, 0) is 25.0 Å². The number of rotatable bonds is 5. The van der Waals surface area contributed by atoms with E-state index < -0.39 is 0 Å². The molecule has 120 valence electrons. The van der Waals surface area contributed by atoms with Gasteiger partial charge in [0.25, 0.3) is 0 Å². The number of aromatic nitrogens is 3. The first-order valence-corrected chi connectivity index (χ1v) is 8.32. The molecular formula is C15H17N5O2S. The number of thioether (sulfide) groups is 1. The van der Waals surface area contributed by atoms with Gasteiger partial charge in [0.05, 0.1) is 11.4 Å². The minimum atomic E-state index is -0.314. The fourth-order valence-electron chi connectivity index (χ4n) is 2.05. The van der Waals surface area contributed by atoms with Crippen molar-refractivity contribution in [2.75, 3.05) is 5.75 Å². The fourth-order valence-corrected chi connectivity index (χ4v) is 2.68. The van der Waals surface area contributed by atoms with Gasteiger partial charge in [-0.3, -0.25) is 20.4 Å². The number of benzene rings is 1. The molecule has 2 amide bonds. The van der Waals surface area contributed by atoms with Crippen molar-refractivity contribution >= 4 is 23.6 Å². The van der Waals surface area contributed by atoms with Crippen LogP contribution in [0.5, 0.6) is 0 Å².